The number of hydrogen-bond donors (Lipinski definition) is 4. The number of fused-ring (bicyclic) bond motifs is 3. The Kier molecular flexibility index (Phi) is 13.5. The van der Waals surface area contributed by atoms with Gasteiger partial charge in [0.1, 0.15) is 35.3 Å². The van der Waals surface area contributed by atoms with Crippen LogP contribution in [0.3, 0.4) is 0 Å². The minimum Gasteiger partial charge on any atom is -0.496 e. The molecule has 4 aliphatic rings. The van der Waals surface area contributed by atoms with Crippen molar-refractivity contribution in [2.75, 3.05) is 19.9 Å². The van der Waals surface area contributed by atoms with Crippen LogP contribution < -0.4 is 31.0 Å². The molecule has 6 rings (SSSR count). The number of hydrogen-bond acceptors (Lipinski definition) is 9. The zero-order chi connectivity index (χ0) is 33.0. The summed E-state index contributed by atoms with van der Waals surface area (Å²) in [6.45, 7) is 2.12. The Hall–Kier alpha value is -3.59. The number of nitrogens with two attached hydrogens (primary N) is 2. The molecule has 3 heterocycles. The van der Waals surface area contributed by atoms with E-state index in [1.54, 1.807) is 19.4 Å². The van der Waals surface area contributed by atoms with E-state index in [-0.39, 0.29) is 47.6 Å². The molecule has 14 heteroatoms. The topological polar surface area (TPSA) is 222 Å². The molecule has 2 aliphatic carbocycles. The monoisotopic (exact) mass is 697 g/mol. The highest BCUT2D eigenvalue weighted by atomic mass is 32.1. The van der Waals surface area contributed by atoms with Crippen molar-refractivity contribution in [1.29, 1.82) is 0 Å². The van der Waals surface area contributed by atoms with Gasteiger partial charge in [0.05, 0.1) is 25.2 Å². The average molecular weight is 698 g/mol. The maximum absolute atomic E-state index is 13.8. The number of thiol groups is 1. The van der Waals surface area contributed by atoms with Gasteiger partial charge < -0.3 is 46.8 Å². The van der Waals surface area contributed by atoms with Crippen LogP contribution in [-0.4, -0.2) is 88.3 Å². The van der Waals surface area contributed by atoms with E-state index in [4.69, 9.17) is 30.7 Å². The predicted octanol–water partition coefficient (Wildman–Crippen LogP) is 2.92. The van der Waals surface area contributed by atoms with Gasteiger partial charge in [-0.2, -0.15) is 12.6 Å². The van der Waals surface area contributed by atoms with Gasteiger partial charge in [-0.15, -0.1) is 0 Å². The van der Waals surface area contributed by atoms with Crippen molar-refractivity contribution in [3.8, 4) is 17.4 Å². The number of primary amides is 1. The van der Waals surface area contributed by atoms with Crippen LogP contribution in [0.1, 0.15) is 75.5 Å². The number of ether oxygens (including phenoxy) is 3. The molecule has 2 saturated carbocycles. The lowest BCUT2D eigenvalue weighted by molar-refractivity contribution is -0.140. The number of benzene rings is 1. The van der Waals surface area contributed by atoms with Gasteiger partial charge in [-0.05, 0) is 70.3 Å². The zero-order valence-corrected chi connectivity index (χ0v) is 28.9. The Morgan fingerprint density at radius 3 is 2.48 bits per heavy atom. The third-order valence-corrected chi connectivity index (χ3v) is 9.70. The molecule has 1 saturated heterocycles. The average Bonchev–Trinajstić information content (AvgIpc) is 3.57. The van der Waals surface area contributed by atoms with Gasteiger partial charge in [0.15, 0.2) is 0 Å². The molecule has 2 aromatic rings. The molecule has 274 valence electrons. The highest BCUT2D eigenvalue weighted by Crippen LogP contribution is 2.45. The summed E-state index contributed by atoms with van der Waals surface area (Å²) in [5, 5.41) is 3.70. The third-order valence-electron chi connectivity index (χ3n) is 9.70. The van der Waals surface area contributed by atoms with Gasteiger partial charge >= 0.3 is 0 Å². The number of aromatic nitrogens is 1. The number of rotatable bonds is 6. The van der Waals surface area contributed by atoms with Crippen molar-refractivity contribution in [2.24, 2.45) is 17.4 Å². The summed E-state index contributed by atoms with van der Waals surface area (Å²) in [5.41, 5.74) is 12.6. The molecule has 9 N–H and O–H groups in total. The first kappa shape index (κ1) is 38.9. The van der Waals surface area contributed by atoms with Gasteiger partial charge in [0.25, 0.3) is 0 Å². The van der Waals surface area contributed by atoms with Gasteiger partial charge in [0, 0.05) is 35.1 Å². The van der Waals surface area contributed by atoms with E-state index in [2.05, 4.69) is 24.0 Å². The molecule has 1 aromatic heterocycles. The second-order valence-electron chi connectivity index (χ2n) is 12.7. The smallest absolute Gasteiger partial charge is 0.243 e. The minimum absolute atomic E-state index is 0. The highest BCUT2D eigenvalue weighted by molar-refractivity contribution is 7.79. The lowest BCUT2D eigenvalue weighted by Gasteiger charge is -2.28. The Balaban J connectivity index is 0. The van der Waals surface area contributed by atoms with Crippen molar-refractivity contribution in [1.82, 2.24) is 15.2 Å². The van der Waals surface area contributed by atoms with E-state index >= 15 is 0 Å². The molecule has 0 spiro atoms. The lowest BCUT2D eigenvalue weighted by atomic mass is 9.96. The fourth-order valence-corrected chi connectivity index (χ4v) is 6.66. The third kappa shape index (κ3) is 7.99. The molecule has 0 unspecified atom stereocenters. The Bertz CT molecular complexity index is 1510. The fraction of sp³-hybridized carbons (Fsp3) is 0.588. The van der Waals surface area contributed by atoms with Gasteiger partial charge in [-0.25, -0.2) is 4.98 Å². The number of methoxy groups -OCH3 is 1. The van der Waals surface area contributed by atoms with E-state index < -0.39 is 35.5 Å². The Morgan fingerprint density at radius 2 is 1.81 bits per heavy atom. The van der Waals surface area contributed by atoms with Crippen molar-refractivity contribution in [3.63, 3.8) is 0 Å². The lowest BCUT2D eigenvalue weighted by Crippen LogP contribution is -2.56. The maximum Gasteiger partial charge on any atom is 0.243 e. The Morgan fingerprint density at radius 1 is 1.06 bits per heavy atom. The number of carbonyl (C=O) groups excluding carboxylic acids is 3. The van der Waals surface area contributed by atoms with Crippen molar-refractivity contribution in [2.45, 2.75) is 101 Å². The van der Waals surface area contributed by atoms with Crippen LogP contribution in [0, 0.1) is 12.8 Å². The van der Waals surface area contributed by atoms with E-state index in [0.717, 1.165) is 55.9 Å². The molecule has 2 aliphatic heterocycles. The molecule has 5 atom stereocenters. The second-order valence-corrected chi connectivity index (χ2v) is 12.7. The summed E-state index contributed by atoms with van der Waals surface area (Å²) in [5.74, 6) is 0.282. The highest BCUT2D eigenvalue weighted by Gasteiger charge is 2.60. The predicted molar refractivity (Wildman–Crippen MR) is 195 cm³/mol. The van der Waals surface area contributed by atoms with Crippen molar-refractivity contribution >= 4 is 41.3 Å². The Labute approximate surface area is 293 Å². The SMILES string of the molecule is COc1ccc2c(O[C@@H]3C[C@H]4C(=O)N[C@]5(C(N)=O)C[C@H]5/C=C\CCCCC[C@H](N)C(=O)N4C3)cc(OC3CCC3)nc2c1C.CS.O.O.[HH].[HH].[HH].[HH]. The molecule has 3 fully saturated rings. The minimum atomic E-state index is -1.14. The first-order valence-electron chi connectivity index (χ1n) is 16.3. The number of aryl methyl sites for hydroxylation is 1. The summed E-state index contributed by atoms with van der Waals surface area (Å²) in [4.78, 5) is 46.3. The number of allylic oxidation sites excluding steroid dienone is 1. The van der Waals surface area contributed by atoms with Crippen molar-refractivity contribution in [3.05, 3.63) is 35.9 Å². The van der Waals surface area contributed by atoms with Crippen LogP contribution in [0.2, 0.25) is 0 Å². The van der Waals surface area contributed by atoms with Gasteiger partial charge in [-0.3, -0.25) is 14.4 Å². The summed E-state index contributed by atoms with van der Waals surface area (Å²) in [6.07, 6.45) is 13.2. The normalized spacial score (nSPS) is 27.8. The summed E-state index contributed by atoms with van der Waals surface area (Å²) < 4.78 is 18.3. The number of pyridine rings is 1. The summed E-state index contributed by atoms with van der Waals surface area (Å²) >= 11 is 3.53. The molecule has 0 radical (unpaired) electrons. The summed E-state index contributed by atoms with van der Waals surface area (Å²) in [7, 11) is 1.62. The first-order chi connectivity index (χ1) is 22.2. The molecule has 0 bridgehead atoms. The van der Waals surface area contributed by atoms with Crippen LogP contribution >= 0.6 is 12.6 Å². The van der Waals surface area contributed by atoms with Crippen LogP contribution in [0.15, 0.2) is 30.4 Å². The first-order valence-corrected chi connectivity index (χ1v) is 17.2. The molecule has 1 aromatic carbocycles. The van der Waals surface area contributed by atoms with E-state index in [9.17, 15) is 14.4 Å². The van der Waals surface area contributed by atoms with Crippen molar-refractivity contribution < 1.29 is 45.3 Å². The van der Waals surface area contributed by atoms with E-state index in [1.165, 1.54) is 4.90 Å². The quantitative estimate of drug-likeness (QED) is 0.259. The van der Waals surface area contributed by atoms with Gasteiger partial charge in [0.2, 0.25) is 23.6 Å². The zero-order valence-electron chi connectivity index (χ0n) is 28.0. The van der Waals surface area contributed by atoms with Crippen LogP contribution in [0.25, 0.3) is 10.9 Å². The van der Waals surface area contributed by atoms with Gasteiger partial charge in [-0.1, -0.05) is 25.0 Å². The van der Waals surface area contributed by atoms with E-state index in [0.29, 0.717) is 35.7 Å². The molecular weight excluding hydrogens is 638 g/mol. The van der Waals surface area contributed by atoms with Crippen LogP contribution in [-0.2, 0) is 14.4 Å². The number of amides is 3. The largest absolute Gasteiger partial charge is 0.496 e. The second kappa shape index (κ2) is 16.7. The standard InChI is InChI=1S/C33H43N5O6.CH4S.2H2O.4H2/c1-19-26(42-2)14-13-23-27(16-28(36-29(19)23)44-21-10-8-11-21)43-22-15-25-30(39)37-33(32(35)41)17-20(33)9-6-4-3-5-7-12-24(34)31(40)38(25)18-22;1-2;;;;;;/h6,9,13-14,16,20-22,24-25H,3-5,7-8,10-12,15,17-18,34H2,1-2H3,(H2,35,41)(H,37,39);2H,1H3;2*1H2;4*1H/b9-6-;;;;;;;/t20-,22-,24+,25+,33-;;;;;;;/m1......./s1. The van der Waals surface area contributed by atoms with Crippen LogP contribution in [0.5, 0.6) is 17.4 Å². The van der Waals surface area contributed by atoms with E-state index in [1.807, 2.05) is 25.1 Å². The number of nitrogens with zero attached hydrogens (tertiary/aromatic N) is 2. The maximum atomic E-state index is 13.8. The molecular formula is C34H59N5O8S. The molecule has 3 amide bonds. The molecule has 13 nitrogen and oxygen atoms in total. The molecule has 48 heavy (non-hydrogen) atoms. The fourth-order valence-electron chi connectivity index (χ4n) is 6.66. The van der Waals surface area contributed by atoms with Crippen LogP contribution in [0.4, 0.5) is 0 Å². The summed E-state index contributed by atoms with van der Waals surface area (Å²) in [6, 6.07) is 3.97. The number of carbonyl (C=O) groups is 3. The number of nitrogens with one attached hydrogen (secondary N) is 1.